The lowest BCUT2D eigenvalue weighted by atomic mass is 9.95. The number of allylic oxidation sites excluding steroid dienone is 1. The molecule has 2 heterocycles. The van der Waals surface area contributed by atoms with E-state index in [0.717, 1.165) is 23.3 Å². The van der Waals surface area contributed by atoms with Crippen LogP contribution in [0.3, 0.4) is 0 Å². The number of esters is 1. The maximum Gasteiger partial charge on any atom is 0.338 e. The van der Waals surface area contributed by atoms with Crippen molar-refractivity contribution in [2.45, 2.75) is 32.7 Å². The third-order valence-corrected chi connectivity index (χ3v) is 6.40. The van der Waals surface area contributed by atoms with Gasteiger partial charge in [0.1, 0.15) is 5.75 Å². The van der Waals surface area contributed by atoms with Crippen LogP contribution in [0.15, 0.2) is 75.7 Å². The van der Waals surface area contributed by atoms with Crippen molar-refractivity contribution < 1.29 is 14.3 Å². The van der Waals surface area contributed by atoms with E-state index in [0.29, 0.717) is 33.6 Å². The normalized spacial score (nSPS) is 15.7. The molecule has 1 atom stereocenters. The Hall–Kier alpha value is -3.45. The Morgan fingerprint density at radius 2 is 1.85 bits per heavy atom. The van der Waals surface area contributed by atoms with E-state index < -0.39 is 12.0 Å². The summed E-state index contributed by atoms with van der Waals surface area (Å²) >= 11 is 1.32. The maximum absolute atomic E-state index is 13.5. The first-order valence-corrected chi connectivity index (χ1v) is 11.8. The molecule has 1 aliphatic heterocycles. The third-order valence-electron chi connectivity index (χ3n) is 5.42. The van der Waals surface area contributed by atoms with Gasteiger partial charge < -0.3 is 9.47 Å². The van der Waals surface area contributed by atoms with E-state index >= 15 is 0 Å². The zero-order valence-electron chi connectivity index (χ0n) is 18.9. The number of aromatic nitrogens is 1. The molecule has 1 aliphatic rings. The molecule has 0 saturated heterocycles. The first kappa shape index (κ1) is 22.7. The second-order valence-corrected chi connectivity index (χ2v) is 8.63. The summed E-state index contributed by atoms with van der Waals surface area (Å²) < 4.78 is 12.9. The first-order chi connectivity index (χ1) is 16.1. The fourth-order valence-electron chi connectivity index (χ4n) is 3.85. The Morgan fingerprint density at radius 1 is 1.12 bits per heavy atom. The van der Waals surface area contributed by atoms with Gasteiger partial charge in [0.2, 0.25) is 0 Å². The van der Waals surface area contributed by atoms with Crippen LogP contribution in [0.25, 0.3) is 6.08 Å². The number of carbonyl (C=O) groups is 1. The van der Waals surface area contributed by atoms with Gasteiger partial charge in [0.05, 0.1) is 35.6 Å². The van der Waals surface area contributed by atoms with E-state index in [2.05, 4.69) is 11.9 Å². The van der Waals surface area contributed by atoms with E-state index in [1.165, 1.54) is 18.4 Å². The summed E-state index contributed by atoms with van der Waals surface area (Å²) in [5.41, 5.74) is 2.59. The van der Waals surface area contributed by atoms with Gasteiger partial charge in [-0.3, -0.25) is 9.36 Å². The number of benzene rings is 2. The van der Waals surface area contributed by atoms with Gasteiger partial charge in [-0.15, -0.1) is 0 Å². The highest BCUT2D eigenvalue weighted by Gasteiger charge is 2.33. The predicted molar refractivity (Wildman–Crippen MR) is 129 cm³/mol. The molecule has 0 unspecified atom stereocenters. The van der Waals surface area contributed by atoms with Crippen LogP contribution in [0.2, 0.25) is 0 Å². The molecule has 0 N–H and O–H groups in total. The monoisotopic (exact) mass is 462 g/mol. The molecule has 0 fully saturated rings. The second kappa shape index (κ2) is 10.0. The summed E-state index contributed by atoms with van der Waals surface area (Å²) in [7, 11) is 1.35. The Labute approximate surface area is 196 Å². The number of fused-ring (bicyclic) bond motifs is 1. The van der Waals surface area contributed by atoms with Gasteiger partial charge >= 0.3 is 5.97 Å². The zero-order valence-corrected chi connectivity index (χ0v) is 19.7. The topological polar surface area (TPSA) is 69.9 Å². The zero-order chi connectivity index (χ0) is 23.4. The van der Waals surface area contributed by atoms with E-state index in [1.807, 2.05) is 67.6 Å². The van der Waals surface area contributed by atoms with Crippen LogP contribution in [0.4, 0.5) is 0 Å². The molecule has 33 heavy (non-hydrogen) atoms. The quantitative estimate of drug-likeness (QED) is 0.503. The van der Waals surface area contributed by atoms with Crippen LogP contribution < -0.4 is 19.6 Å². The molecule has 1 aromatic heterocycles. The molecular formula is C26H26N2O4S. The first-order valence-electron chi connectivity index (χ1n) is 11.0. The van der Waals surface area contributed by atoms with Crippen LogP contribution in [-0.2, 0) is 9.53 Å². The number of ether oxygens (including phenoxy) is 2. The van der Waals surface area contributed by atoms with Crippen molar-refractivity contribution >= 4 is 23.4 Å². The van der Waals surface area contributed by atoms with Crippen LogP contribution in [0.1, 0.15) is 43.9 Å². The molecule has 0 radical (unpaired) electrons. The van der Waals surface area contributed by atoms with Crippen LogP contribution in [0.5, 0.6) is 5.75 Å². The minimum Gasteiger partial charge on any atom is -0.494 e. The third kappa shape index (κ3) is 4.54. The average molecular weight is 463 g/mol. The second-order valence-electron chi connectivity index (χ2n) is 7.62. The fourth-order valence-corrected chi connectivity index (χ4v) is 4.87. The summed E-state index contributed by atoms with van der Waals surface area (Å²) in [5.74, 6) is 0.330. The summed E-state index contributed by atoms with van der Waals surface area (Å²) in [6.07, 6.45) is 3.35. The minimum atomic E-state index is -0.586. The van der Waals surface area contributed by atoms with Crippen molar-refractivity contribution in [1.82, 2.24) is 4.57 Å². The van der Waals surface area contributed by atoms with E-state index in [4.69, 9.17) is 9.47 Å². The van der Waals surface area contributed by atoms with Crippen molar-refractivity contribution in [2.75, 3.05) is 13.7 Å². The van der Waals surface area contributed by atoms with Gasteiger partial charge in [-0.2, -0.15) is 0 Å². The van der Waals surface area contributed by atoms with Gasteiger partial charge in [-0.1, -0.05) is 67.6 Å². The molecule has 0 bridgehead atoms. The largest absolute Gasteiger partial charge is 0.494 e. The lowest BCUT2D eigenvalue weighted by molar-refractivity contribution is -0.136. The predicted octanol–water partition coefficient (Wildman–Crippen LogP) is 3.59. The highest BCUT2D eigenvalue weighted by atomic mass is 32.1. The average Bonchev–Trinajstić information content (AvgIpc) is 3.17. The number of hydrogen-bond acceptors (Lipinski definition) is 6. The molecule has 0 amide bonds. The Morgan fingerprint density at radius 3 is 2.48 bits per heavy atom. The van der Waals surface area contributed by atoms with Gasteiger partial charge in [-0.25, -0.2) is 9.79 Å². The molecule has 2 aromatic carbocycles. The number of carbonyl (C=O) groups excluding carboxylic acids is 1. The Balaban J connectivity index is 1.86. The van der Waals surface area contributed by atoms with Gasteiger partial charge in [0.25, 0.3) is 5.56 Å². The summed E-state index contributed by atoms with van der Waals surface area (Å²) in [6.45, 7) is 4.67. The standard InChI is InChI=1S/C26H26N2O4S/c1-4-15-32-19-13-11-17(12-14-19)16-21-24(29)28-23(18-9-7-6-8-10-18)22(25(30)31-3)20(5-2)27-26(28)33-21/h6-14,16,23H,4-5,15H2,1-3H3/b21-16-/t23-/m0/s1. The van der Waals surface area contributed by atoms with Crippen molar-refractivity contribution in [3.05, 3.63) is 96.7 Å². The molecule has 0 aliphatic carbocycles. The fraction of sp³-hybridized carbons (Fsp3) is 0.269. The van der Waals surface area contributed by atoms with Crippen molar-refractivity contribution in [1.29, 1.82) is 0 Å². The summed E-state index contributed by atoms with van der Waals surface area (Å²) in [5, 5.41) is 0. The smallest absolute Gasteiger partial charge is 0.338 e. The van der Waals surface area contributed by atoms with Crippen LogP contribution in [-0.4, -0.2) is 24.3 Å². The van der Waals surface area contributed by atoms with Crippen molar-refractivity contribution in [3.63, 3.8) is 0 Å². The molecule has 4 rings (SSSR count). The number of nitrogens with zero attached hydrogens (tertiary/aromatic N) is 2. The number of rotatable bonds is 7. The van der Waals surface area contributed by atoms with E-state index in [-0.39, 0.29) is 5.56 Å². The Kier molecular flexibility index (Phi) is 6.89. The molecular weight excluding hydrogens is 436 g/mol. The lowest BCUT2D eigenvalue weighted by Gasteiger charge is -2.25. The molecule has 7 heteroatoms. The molecule has 0 saturated carbocycles. The van der Waals surface area contributed by atoms with Gasteiger partial charge in [0, 0.05) is 0 Å². The molecule has 0 spiro atoms. The van der Waals surface area contributed by atoms with Gasteiger partial charge in [0.15, 0.2) is 4.80 Å². The SMILES string of the molecule is CCCOc1ccc(/C=c2\sc3n(c2=O)[C@@H](c2ccccc2)C(C(=O)OC)=C(CC)N=3)cc1. The van der Waals surface area contributed by atoms with Crippen molar-refractivity contribution in [2.24, 2.45) is 4.99 Å². The number of thiazole rings is 1. The minimum absolute atomic E-state index is 0.185. The highest BCUT2D eigenvalue weighted by Crippen LogP contribution is 2.31. The molecule has 6 nitrogen and oxygen atoms in total. The lowest BCUT2D eigenvalue weighted by Crippen LogP contribution is -2.40. The highest BCUT2D eigenvalue weighted by molar-refractivity contribution is 7.07. The summed E-state index contributed by atoms with van der Waals surface area (Å²) in [4.78, 5) is 31.6. The number of hydrogen-bond donors (Lipinski definition) is 0. The van der Waals surface area contributed by atoms with E-state index in [9.17, 15) is 9.59 Å². The van der Waals surface area contributed by atoms with Crippen molar-refractivity contribution in [3.8, 4) is 5.75 Å². The summed E-state index contributed by atoms with van der Waals surface area (Å²) in [6, 6.07) is 16.6. The number of methoxy groups -OCH3 is 1. The van der Waals surface area contributed by atoms with E-state index in [1.54, 1.807) is 4.57 Å². The molecule has 3 aromatic rings. The maximum atomic E-state index is 13.5. The van der Waals surface area contributed by atoms with Gasteiger partial charge in [-0.05, 0) is 42.2 Å². The Bertz CT molecular complexity index is 1350. The van der Waals surface area contributed by atoms with Crippen LogP contribution >= 0.6 is 11.3 Å². The van der Waals surface area contributed by atoms with Crippen LogP contribution in [0, 0.1) is 0 Å². The molecule has 170 valence electrons.